The van der Waals surface area contributed by atoms with Crippen LogP contribution in [-0.4, -0.2) is 23.3 Å². The number of nitro groups is 1. The molecule has 1 unspecified atom stereocenters. The first-order valence-corrected chi connectivity index (χ1v) is 9.55. The van der Waals surface area contributed by atoms with Gasteiger partial charge in [-0.15, -0.1) is 0 Å². The first kappa shape index (κ1) is 21.5. The maximum atomic E-state index is 12.3. The lowest BCUT2D eigenvalue weighted by molar-refractivity contribution is -0.384. The number of nitro benzene ring substituents is 1. The summed E-state index contributed by atoms with van der Waals surface area (Å²) in [6, 6.07) is 21.3. The Hall–Kier alpha value is -4.20. The average molecular weight is 419 g/mol. The number of benzene rings is 3. The highest BCUT2D eigenvalue weighted by Gasteiger charge is 2.12. The van der Waals surface area contributed by atoms with Crippen molar-refractivity contribution in [3.05, 3.63) is 100 Å². The monoisotopic (exact) mass is 419 g/mol. The molecule has 0 saturated heterocycles. The minimum absolute atomic E-state index is 0.0512. The predicted molar refractivity (Wildman–Crippen MR) is 116 cm³/mol. The normalized spacial score (nSPS) is 11.3. The van der Waals surface area contributed by atoms with Crippen LogP contribution in [0.4, 0.5) is 11.4 Å². The Kier molecular flexibility index (Phi) is 6.95. The van der Waals surface area contributed by atoms with Gasteiger partial charge < -0.3 is 15.4 Å². The Bertz CT molecular complexity index is 1070. The van der Waals surface area contributed by atoms with Gasteiger partial charge in [0.25, 0.3) is 17.5 Å². The number of nitrogens with zero attached hydrogens (tertiary/aromatic N) is 1. The number of amides is 2. The number of rotatable bonds is 8. The van der Waals surface area contributed by atoms with E-state index in [0.717, 1.165) is 5.56 Å². The van der Waals surface area contributed by atoms with Crippen molar-refractivity contribution in [2.24, 2.45) is 0 Å². The molecule has 0 bridgehead atoms. The minimum atomic E-state index is -0.505. The number of non-ortho nitro benzene ring substituents is 1. The fraction of sp³-hybridized carbons (Fsp3) is 0.130. The summed E-state index contributed by atoms with van der Waals surface area (Å²) in [7, 11) is 0. The quantitative estimate of drug-likeness (QED) is 0.422. The lowest BCUT2D eigenvalue weighted by Gasteiger charge is -2.16. The van der Waals surface area contributed by atoms with Crippen LogP contribution in [0.5, 0.6) is 5.75 Å². The Morgan fingerprint density at radius 1 is 1.00 bits per heavy atom. The lowest BCUT2D eigenvalue weighted by Crippen LogP contribution is -2.31. The van der Waals surface area contributed by atoms with Crippen molar-refractivity contribution in [2.75, 3.05) is 11.9 Å². The standard InChI is InChI=1S/C23H21N3O5/c1-16(24-22(27)15-31-21-12-10-20(11-13-21)26(29)30)18-8-5-9-19(14-18)25-23(28)17-6-3-2-4-7-17/h2-14,16H,15H2,1H3,(H,24,27)(H,25,28). The van der Waals surface area contributed by atoms with Crippen LogP contribution in [0.2, 0.25) is 0 Å². The topological polar surface area (TPSA) is 111 Å². The highest BCUT2D eigenvalue weighted by Crippen LogP contribution is 2.19. The van der Waals surface area contributed by atoms with Gasteiger partial charge in [-0.25, -0.2) is 0 Å². The van der Waals surface area contributed by atoms with Gasteiger partial charge in [-0.3, -0.25) is 19.7 Å². The van der Waals surface area contributed by atoms with E-state index in [0.29, 0.717) is 17.0 Å². The summed E-state index contributed by atoms with van der Waals surface area (Å²) in [5, 5.41) is 16.3. The summed E-state index contributed by atoms with van der Waals surface area (Å²) in [6.07, 6.45) is 0. The zero-order valence-electron chi connectivity index (χ0n) is 16.8. The zero-order valence-corrected chi connectivity index (χ0v) is 16.8. The Morgan fingerprint density at radius 2 is 1.71 bits per heavy atom. The van der Waals surface area contributed by atoms with E-state index in [4.69, 9.17) is 4.74 Å². The molecule has 0 heterocycles. The van der Waals surface area contributed by atoms with Gasteiger partial charge >= 0.3 is 0 Å². The molecular weight excluding hydrogens is 398 g/mol. The molecule has 0 fully saturated rings. The van der Waals surface area contributed by atoms with Crippen LogP contribution in [0.25, 0.3) is 0 Å². The van der Waals surface area contributed by atoms with Gasteiger partial charge in [-0.1, -0.05) is 30.3 Å². The molecule has 2 amide bonds. The molecule has 0 aliphatic rings. The van der Waals surface area contributed by atoms with Gasteiger partial charge in [-0.05, 0) is 48.9 Å². The molecule has 1 atom stereocenters. The van der Waals surface area contributed by atoms with Crippen molar-refractivity contribution in [1.82, 2.24) is 5.32 Å². The molecule has 3 aromatic rings. The van der Waals surface area contributed by atoms with Crippen LogP contribution in [0, 0.1) is 10.1 Å². The fourth-order valence-corrected chi connectivity index (χ4v) is 2.86. The fourth-order valence-electron chi connectivity index (χ4n) is 2.86. The SMILES string of the molecule is CC(NC(=O)COc1ccc([N+](=O)[O-])cc1)c1cccc(NC(=O)c2ccccc2)c1. The van der Waals surface area contributed by atoms with E-state index in [2.05, 4.69) is 10.6 Å². The van der Waals surface area contributed by atoms with E-state index in [-0.39, 0.29) is 30.2 Å². The maximum Gasteiger partial charge on any atom is 0.269 e. The molecule has 0 aliphatic heterocycles. The van der Waals surface area contributed by atoms with Crippen LogP contribution < -0.4 is 15.4 Å². The van der Waals surface area contributed by atoms with Crippen molar-refractivity contribution in [3.8, 4) is 5.75 Å². The summed E-state index contributed by atoms with van der Waals surface area (Å²) in [5.74, 6) is -0.200. The van der Waals surface area contributed by atoms with E-state index in [1.165, 1.54) is 24.3 Å². The molecule has 0 spiro atoms. The van der Waals surface area contributed by atoms with Crippen molar-refractivity contribution in [1.29, 1.82) is 0 Å². The molecule has 158 valence electrons. The Morgan fingerprint density at radius 3 is 2.39 bits per heavy atom. The summed E-state index contributed by atoms with van der Waals surface area (Å²) in [5.41, 5.74) is 1.94. The number of carbonyl (C=O) groups is 2. The third kappa shape index (κ3) is 6.14. The molecule has 2 N–H and O–H groups in total. The summed E-state index contributed by atoms with van der Waals surface area (Å²) >= 11 is 0. The molecular formula is C23H21N3O5. The molecule has 0 aliphatic carbocycles. The second-order valence-corrected chi connectivity index (χ2v) is 6.77. The largest absolute Gasteiger partial charge is 0.484 e. The summed E-state index contributed by atoms with van der Waals surface area (Å²) < 4.78 is 5.37. The second-order valence-electron chi connectivity index (χ2n) is 6.77. The third-order valence-corrected chi connectivity index (χ3v) is 4.48. The number of hydrogen-bond donors (Lipinski definition) is 2. The van der Waals surface area contributed by atoms with Gasteiger partial charge in [0.2, 0.25) is 0 Å². The van der Waals surface area contributed by atoms with Gasteiger partial charge in [0.05, 0.1) is 11.0 Å². The number of nitrogens with one attached hydrogen (secondary N) is 2. The van der Waals surface area contributed by atoms with Gasteiger partial charge in [0, 0.05) is 23.4 Å². The van der Waals surface area contributed by atoms with Crippen molar-refractivity contribution < 1.29 is 19.2 Å². The third-order valence-electron chi connectivity index (χ3n) is 4.48. The van der Waals surface area contributed by atoms with Crippen LogP contribution in [0.15, 0.2) is 78.9 Å². The minimum Gasteiger partial charge on any atom is -0.484 e. The lowest BCUT2D eigenvalue weighted by atomic mass is 10.1. The number of anilines is 1. The van der Waals surface area contributed by atoms with Gasteiger partial charge in [-0.2, -0.15) is 0 Å². The van der Waals surface area contributed by atoms with Crippen LogP contribution in [-0.2, 0) is 4.79 Å². The van der Waals surface area contributed by atoms with Gasteiger partial charge in [0.1, 0.15) is 5.75 Å². The predicted octanol–water partition coefficient (Wildman–Crippen LogP) is 4.10. The Labute approximate surface area is 179 Å². The van der Waals surface area contributed by atoms with E-state index in [1.807, 2.05) is 19.1 Å². The van der Waals surface area contributed by atoms with E-state index in [9.17, 15) is 19.7 Å². The molecule has 3 rings (SSSR count). The Balaban J connectivity index is 1.54. The molecule has 8 heteroatoms. The summed E-state index contributed by atoms with van der Waals surface area (Å²) in [4.78, 5) is 34.7. The van der Waals surface area contributed by atoms with Crippen molar-refractivity contribution in [2.45, 2.75) is 13.0 Å². The number of ether oxygens (including phenoxy) is 1. The van der Waals surface area contributed by atoms with E-state index < -0.39 is 4.92 Å². The van der Waals surface area contributed by atoms with Crippen molar-refractivity contribution in [3.63, 3.8) is 0 Å². The first-order valence-electron chi connectivity index (χ1n) is 9.55. The molecule has 8 nitrogen and oxygen atoms in total. The molecule has 0 radical (unpaired) electrons. The van der Waals surface area contributed by atoms with Crippen LogP contribution in [0.1, 0.15) is 28.9 Å². The number of hydrogen-bond acceptors (Lipinski definition) is 5. The molecule has 3 aromatic carbocycles. The van der Waals surface area contributed by atoms with E-state index in [1.54, 1.807) is 42.5 Å². The highest BCUT2D eigenvalue weighted by atomic mass is 16.6. The molecule has 31 heavy (non-hydrogen) atoms. The first-order chi connectivity index (χ1) is 14.9. The highest BCUT2D eigenvalue weighted by molar-refractivity contribution is 6.04. The average Bonchev–Trinajstić information content (AvgIpc) is 2.78. The van der Waals surface area contributed by atoms with Gasteiger partial charge in [0.15, 0.2) is 6.61 Å². The van der Waals surface area contributed by atoms with Crippen LogP contribution in [0.3, 0.4) is 0 Å². The number of carbonyl (C=O) groups excluding carboxylic acids is 2. The van der Waals surface area contributed by atoms with E-state index >= 15 is 0 Å². The smallest absolute Gasteiger partial charge is 0.269 e. The van der Waals surface area contributed by atoms with Crippen LogP contribution >= 0.6 is 0 Å². The zero-order chi connectivity index (χ0) is 22.2. The molecule has 0 saturated carbocycles. The van der Waals surface area contributed by atoms with Crippen molar-refractivity contribution >= 4 is 23.2 Å². The summed E-state index contributed by atoms with van der Waals surface area (Å²) in [6.45, 7) is 1.59. The maximum absolute atomic E-state index is 12.3. The second kappa shape index (κ2) is 10.0. The molecule has 0 aromatic heterocycles.